The Bertz CT molecular complexity index is 583. The average Bonchev–Trinajstić information content (AvgIpc) is 2.45. The van der Waals surface area contributed by atoms with Crippen molar-refractivity contribution < 1.29 is 8.42 Å². The van der Waals surface area contributed by atoms with Gasteiger partial charge in [-0.05, 0) is 59.3 Å². The molecule has 1 fully saturated rings. The van der Waals surface area contributed by atoms with Gasteiger partial charge in [0, 0.05) is 16.2 Å². The quantitative estimate of drug-likeness (QED) is 0.772. The summed E-state index contributed by atoms with van der Waals surface area (Å²) in [5.74, 6) is 0.450. The predicted octanol–water partition coefficient (Wildman–Crippen LogP) is 3.67. The minimum Gasteiger partial charge on any atom is -0.399 e. The number of hydrogen-bond acceptors (Lipinski definition) is 3. The molecule has 1 aromatic carbocycles. The van der Waals surface area contributed by atoms with Crippen molar-refractivity contribution in [3.05, 3.63) is 22.7 Å². The molecule has 3 N–H and O–H groups in total. The molecular formula is C15H23BrN2O2S. The molecule has 118 valence electrons. The summed E-state index contributed by atoms with van der Waals surface area (Å²) in [4.78, 5) is 0.256. The fourth-order valence-electron chi connectivity index (χ4n) is 3.05. The number of nitrogen functional groups attached to an aromatic ring is 1. The third-order valence-corrected chi connectivity index (χ3v) is 6.68. The van der Waals surface area contributed by atoms with E-state index in [9.17, 15) is 8.42 Å². The van der Waals surface area contributed by atoms with Crippen molar-refractivity contribution in [2.24, 2.45) is 5.92 Å². The molecular weight excluding hydrogens is 352 g/mol. The molecule has 0 amide bonds. The second-order valence-corrected chi connectivity index (χ2v) is 8.26. The molecule has 21 heavy (non-hydrogen) atoms. The summed E-state index contributed by atoms with van der Waals surface area (Å²) in [5.41, 5.74) is 6.21. The number of anilines is 1. The van der Waals surface area contributed by atoms with Crippen molar-refractivity contribution >= 4 is 31.6 Å². The second kappa shape index (κ2) is 7.11. The first-order chi connectivity index (χ1) is 9.94. The van der Waals surface area contributed by atoms with Crippen LogP contribution in [0.25, 0.3) is 0 Å². The Morgan fingerprint density at radius 3 is 2.57 bits per heavy atom. The zero-order valence-corrected chi connectivity index (χ0v) is 14.7. The van der Waals surface area contributed by atoms with E-state index < -0.39 is 10.0 Å². The molecule has 1 unspecified atom stereocenters. The molecule has 4 nitrogen and oxygen atoms in total. The van der Waals surface area contributed by atoms with Crippen molar-refractivity contribution in [3.8, 4) is 0 Å². The highest BCUT2D eigenvalue weighted by atomic mass is 79.9. The highest BCUT2D eigenvalue weighted by molar-refractivity contribution is 9.10. The van der Waals surface area contributed by atoms with Gasteiger partial charge in [-0.25, -0.2) is 13.1 Å². The van der Waals surface area contributed by atoms with Crippen LogP contribution in [0.4, 0.5) is 5.69 Å². The Balaban J connectivity index is 2.18. The van der Waals surface area contributed by atoms with Gasteiger partial charge in [0.1, 0.15) is 0 Å². The van der Waals surface area contributed by atoms with Crippen molar-refractivity contribution in [1.29, 1.82) is 0 Å². The summed E-state index contributed by atoms with van der Waals surface area (Å²) in [5, 5.41) is 0. The first kappa shape index (κ1) is 16.8. The molecule has 2 rings (SSSR count). The van der Waals surface area contributed by atoms with E-state index in [4.69, 9.17) is 5.73 Å². The minimum absolute atomic E-state index is 0.0137. The lowest BCUT2D eigenvalue weighted by atomic mass is 9.83. The Morgan fingerprint density at radius 1 is 1.33 bits per heavy atom. The van der Waals surface area contributed by atoms with Crippen LogP contribution in [0, 0.1) is 5.92 Å². The summed E-state index contributed by atoms with van der Waals surface area (Å²) in [6, 6.07) is 4.80. The Labute approximate surface area is 135 Å². The lowest BCUT2D eigenvalue weighted by molar-refractivity contribution is 0.285. The van der Waals surface area contributed by atoms with Crippen LogP contribution >= 0.6 is 15.9 Å². The maximum atomic E-state index is 12.6. The maximum Gasteiger partial charge on any atom is 0.241 e. The molecule has 1 atom stereocenters. The lowest BCUT2D eigenvalue weighted by Gasteiger charge is -2.30. The van der Waals surface area contributed by atoms with E-state index in [1.54, 1.807) is 18.2 Å². The topological polar surface area (TPSA) is 72.2 Å². The van der Waals surface area contributed by atoms with Crippen LogP contribution in [0.15, 0.2) is 27.6 Å². The highest BCUT2D eigenvalue weighted by Gasteiger charge is 2.28. The fraction of sp³-hybridized carbons (Fsp3) is 0.600. The monoisotopic (exact) mass is 374 g/mol. The van der Waals surface area contributed by atoms with Crippen LogP contribution in [0.1, 0.15) is 45.4 Å². The number of halogens is 1. The summed E-state index contributed by atoms with van der Waals surface area (Å²) in [7, 11) is -3.52. The van der Waals surface area contributed by atoms with Gasteiger partial charge in [0.25, 0.3) is 0 Å². The van der Waals surface area contributed by atoms with Gasteiger partial charge in [0.15, 0.2) is 0 Å². The van der Waals surface area contributed by atoms with Gasteiger partial charge >= 0.3 is 0 Å². The molecule has 0 aliphatic heterocycles. The first-order valence-corrected chi connectivity index (χ1v) is 9.79. The van der Waals surface area contributed by atoms with Crippen LogP contribution in [0.2, 0.25) is 0 Å². The summed E-state index contributed by atoms with van der Waals surface area (Å²) in [6.07, 6.45) is 6.72. The van der Waals surface area contributed by atoms with Crippen LogP contribution in [0.3, 0.4) is 0 Å². The number of hydrogen-bond donors (Lipinski definition) is 2. The maximum absolute atomic E-state index is 12.6. The van der Waals surface area contributed by atoms with E-state index in [2.05, 4.69) is 20.7 Å². The summed E-state index contributed by atoms with van der Waals surface area (Å²) < 4.78 is 28.6. The number of nitrogens with two attached hydrogens (primary N) is 1. The second-order valence-electron chi connectivity index (χ2n) is 5.72. The fourth-order valence-corrected chi connectivity index (χ4v) is 5.53. The Kier molecular flexibility index (Phi) is 5.68. The van der Waals surface area contributed by atoms with E-state index >= 15 is 0 Å². The molecule has 0 bridgehead atoms. The third kappa shape index (κ3) is 4.20. The van der Waals surface area contributed by atoms with E-state index in [0.29, 0.717) is 16.1 Å². The van der Waals surface area contributed by atoms with Gasteiger partial charge < -0.3 is 5.73 Å². The smallest absolute Gasteiger partial charge is 0.241 e. The van der Waals surface area contributed by atoms with Crippen molar-refractivity contribution in [1.82, 2.24) is 4.72 Å². The van der Waals surface area contributed by atoms with E-state index in [0.717, 1.165) is 19.3 Å². The molecule has 6 heteroatoms. The standard InChI is InChI=1S/C15H23BrN2O2S/c1-2-14(11-6-4-3-5-7-11)18-21(19,20)15-9-8-12(17)10-13(15)16/h8-11,14,18H,2-7,17H2,1H3. The molecule has 1 aliphatic rings. The van der Waals surface area contributed by atoms with Crippen LogP contribution in [-0.4, -0.2) is 14.5 Å². The minimum atomic E-state index is -3.52. The Morgan fingerprint density at radius 2 is 2.00 bits per heavy atom. The average molecular weight is 375 g/mol. The molecule has 1 aromatic rings. The first-order valence-electron chi connectivity index (χ1n) is 7.51. The molecule has 1 aliphatic carbocycles. The van der Waals surface area contributed by atoms with Crippen molar-refractivity contribution in [2.75, 3.05) is 5.73 Å². The predicted molar refractivity (Wildman–Crippen MR) is 89.5 cm³/mol. The molecule has 0 radical (unpaired) electrons. The zero-order valence-electron chi connectivity index (χ0n) is 12.3. The van der Waals surface area contributed by atoms with Gasteiger partial charge in [-0.2, -0.15) is 0 Å². The van der Waals surface area contributed by atoms with Crippen LogP contribution in [0.5, 0.6) is 0 Å². The largest absolute Gasteiger partial charge is 0.399 e. The van der Waals surface area contributed by atoms with Crippen LogP contribution in [-0.2, 0) is 10.0 Å². The molecule has 1 saturated carbocycles. The summed E-state index contributed by atoms with van der Waals surface area (Å²) in [6.45, 7) is 2.04. The molecule has 0 saturated heterocycles. The SMILES string of the molecule is CCC(NS(=O)(=O)c1ccc(N)cc1Br)C1CCCCC1. The number of nitrogens with one attached hydrogen (secondary N) is 1. The normalized spacial score (nSPS) is 18.6. The van der Waals surface area contributed by atoms with Crippen molar-refractivity contribution in [2.45, 2.75) is 56.4 Å². The number of sulfonamides is 1. The van der Waals surface area contributed by atoms with Gasteiger partial charge in [-0.3, -0.25) is 0 Å². The van der Waals surface area contributed by atoms with Gasteiger partial charge in [0.05, 0.1) is 4.90 Å². The van der Waals surface area contributed by atoms with E-state index in [1.807, 2.05) is 6.92 Å². The van der Waals surface area contributed by atoms with E-state index in [-0.39, 0.29) is 10.9 Å². The molecule has 0 aromatic heterocycles. The molecule has 0 spiro atoms. The lowest BCUT2D eigenvalue weighted by Crippen LogP contribution is -2.40. The van der Waals surface area contributed by atoms with Crippen LogP contribution < -0.4 is 10.5 Å². The van der Waals surface area contributed by atoms with Gasteiger partial charge in [-0.15, -0.1) is 0 Å². The van der Waals surface area contributed by atoms with Gasteiger partial charge in [0.2, 0.25) is 10.0 Å². The van der Waals surface area contributed by atoms with E-state index in [1.165, 1.54) is 19.3 Å². The zero-order chi connectivity index (χ0) is 15.5. The molecule has 0 heterocycles. The van der Waals surface area contributed by atoms with Gasteiger partial charge in [-0.1, -0.05) is 26.2 Å². The van der Waals surface area contributed by atoms with Crippen molar-refractivity contribution in [3.63, 3.8) is 0 Å². The summed E-state index contributed by atoms with van der Waals surface area (Å²) >= 11 is 3.29. The Hall–Kier alpha value is -0.590. The third-order valence-electron chi connectivity index (χ3n) is 4.21. The number of rotatable bonds is 5. The number of benzene rings is 1. The highest BCUT2D eigenvalue weighted by Crippen LogP contribution is 2.30.